The van der Waals surface area contributed by atoms with Crippen LogP contribution in [0.25, 0.3) is 0 Å². The Kier molecular flexibility index (Phi) is 19.7. The number of sulfonamides is 1. The van der Waals surface area contributed by atoms with Gasteiger partial charge >= 0.3 is 7.68 Å². The van der Waals surface area contributed by atoms with E-state index in [4.69, 9.17) is 9.84 Å². The molecule has 2 rings (SSSR count). The molecule has 0 amide bonds. The predicted octanol–water partition coefficient (Wildman–Crippen LogP) is 5.73. The highest BCUT2D eigenvalue weighted by atomic mass is 32.2. The van der Waals surface area contributed by atoms with Crippen LogP contribution < -0.4 is 4.72 Å². The SMILES string of the molecule is CCCCCCC(CO)NS(=O)(=O)CCCCCCc1ccccc1.O=P(=O)C(O)COCc1ccccc1. The second-order valence-corrected chi connectivity index (χ2v) is 12.6. The van der Waals surface area contributed by atoms with Crippen molar-refractivity contribution in [2.45, 2.75) is 89.6 Å². The van der Waals surface area contributed by atoms with Crippen LogP contribution in [0, 0.1) is 0 Å². The zero-order valence-corrected chi connectivity index (χ0v) is 24.8. The van der Waals surface area contributed by atoms with Gasteiger partial charge in [-0.25, -0.2) is 22.3 Å². The lowest BCUT2D eigenvalue weighted by atomic mass is 10.1. The molecule has 0 fully saturated rings. The van der Waals surface area contributed by atoms with Gasteiger partial charge in [-0.15, -0.1) is 0 Å². The van der Waals surface area contributed by atoms with Crippen LogP contribution in [0.4, 0.5) is 0 Å². The largest absolute Gasteiger partial charge is 0.395 e. The van der Waals surface area contributed by atoms with Crippen molar-refractivity contribution in [3.63, 3.8) is 0 Å². The Morgan fingerprint density at radius 1 is 0.846 bits per heavy atom. The number of benzene rings is 2. The molecule has 0 aliphatic heterocycles. The summed E-state index contributed by atoms with van der Waals surface area (Å²) in [5, 5.41) is 18.3. The summed E-state index contributed by atoms with van der Waals surface area (Å²) in [6.07, 6.45) is 9.87. The van der Waals surface area contributed by atoms with Gasteiger partial charge in [0.25, 0.3) is 0 Å². The summed E-state index contributed by atoms with van der Waals surface area (Å²) >= 11 is 0. The minimum absolute atomic E-state index is 0.123. The number of unbranched alkanes of at least 4 members (excludes halogenated alkanes) is 6. The van der Waals surface area contributed by atoms with Crippen molar-refractivity contribution < 1.29 is 32.5 Å². The lowest BCUT2D eigenvalue weighted by Gasteiger charge is -2.16. The van der Waals surface area contributed by atoms with Gasteiger partial charge in [-0.2, -0.15) is 0 Å². The monoisotopic (exact) mass is 583 g/mol. The van der Waals surface area contributed by atoms with E-state index in [1.54, 1.807) is 0 Å². The molecule has 0 aliphatic carbocycles. The lowest BCUT2D eigenvalue weighted by Crippen LogP contribution is -2.38. The van der Waals surface area contributed by atoms with Gasteiger partial charge in [0, 0.05) is 6.04 Å². The number of rotatable bonds is 20. The third kappa shape index (κ3) is 18.9. The molecule has 2 atom stereocenters. The van der Waals surface area contributed by atoms with E-state index < -0.39 is 23.5 Å². The van der Waals surface area contributed by atoms with Gasteiger partial charge in [0.15, 0.2) is 5.85 Å². The Bertz CT molecular complexity index is 1030. The van der Waals surface area contributed by atoms with Crippen molar-refractivity contribution in [1.29, 1.82) is 0 Å². The third-order valence-corrected chi connectivity index (χ3v) is 8.22. The molecule has 0 saturated carbocycles. The topological polar surface area (TPSA) is 130 Å². The highest BCUT2D eigenvalue weighted by Gasteiger charge is 2.16. The zero-order valence-electron chi connectivity index (χ0n) is 23.1. The summed E-state index contributed by atoms with van der Waals surface area (Å²) in [5.74, 6) is -1.25. The molecular weight excluding hydrogens is 537 g/mol. The van der Waals surface area contributed by atoms with Gasteiger partial charge < -0.3 is 14.9 Å². The summed E-state index contributed by atoms with van der Waals surface area (Å²) in [4.78, 5) is 0. The van der Waals surface area contributed by atoms with E-state index in [0.717, 1.165) is 56.9 Å². The number of hydrogen-bond donors (Lipinski definition) is 3. The fourth-order valence-electron chi connectivity index (χ4n) is 3.85. The number of hydrogen-bond acceptors (Lipinski definition) is 7. The first-order valence-corrected chi connectivity index (χ1v) is 16.7. The second kappa shape index (κ2) is 21.9. The molecule has 0 heterocycles. The molecule has 39 heavy (non-hydrogen) atoms. The molecule has 2 aromatic carbocycles. The van der Waals surface area contributed by atoms with Crippen LogP contribution in [0.1, 0.15) is 75.8 Å². The van der Waals surface area contributed by atoms with Crippen LogP contribution in [0.2, 0.25) is 0 Å². The molecule has 8 nitrogen and oxygen atoms in total. The Morgan fingerprint density at radius 3 is 2.03 bits per heavy atom. The normalized spacial score (nSPS) is 12.8. The van der Waals surface area contributed by atoms with Crippen molar-refractivity contribution in [2.24, 2.45) is 0 Å². The summed E-state index contributed by atoms with van der Waals surface area (Å²) in [6.45, 7) is 2.14. The summed E-state index contributed by atoms with van der Waals surface area (Å²) < 4.78 is 52.4. The maximum atomic E-state index is 12.1. The van der Waals surface area contributed by atoms with Gasteiger partial charge in [-0.05, 0) is 36.8 Å². The molecule has 0 aromatic heterocycles. The average Bonchev–Trinajstić information content (AvgIpc) is 2.93. The molecule has 0 saturated heterocycles. The predicted molar refractivity (Wildman–Crippen MR) is 156 cm³/mol. The van der Waals surface area contributed by atoms with Gasteiger partial charge in [-0.1, -0.05) is 106 Å². The number of aryl methyl sites for hydroxylation is 1. The molecule has 0 radical (unpaired) electrons. The Hall–Kier alpha value is -1.87. The smallest absolute Gasteiger partial charge is 0.347 e. The zero-order chi connectivity index (χ0) is 28.8. The second-order valence-electron chi connectivity index (χ2n) is 9.58. The molecule has 3 N–H and O–H groups in total. The van der Waals surface area contributed by atoms with E-state index in [0.29, 0.717) is 19.4 Å². The standard InChI is InChI=1S/C20H35NO3S.C9H11O4P/c1-2-3-4-11-16-20(18-22)21-25(23,24)17-12-6-5-8-13-19-14-9-7-10-15-19;10-9(14(11)12)7-13-6-8-4-2-1-3-5-8/h7,9-10,14-15,20-22H,2-6,8,11-13,16-18H2,1H3;1-5,9-10H,6-7H2. The van der Waals surface area contributed by atoms with E-state index in [2.05, 4.69) is 23.8 Å². The van der Waals surface area contributed by atoms with E-state index in [1.165, 1.54) is 5.56 Å². The third-order valence-electron chi connectivity index (χ3n) is 6.07. The number of aliphatic hydroxyl groups excluding tert-OH is 2. The first-order valence-electron chi connectivity index (χ1n) is 13.9. The van der Waals surface area contributed by atoms with Gasteiger partial charge in [0.1, 0.15) is 0 Å². The van der Waals surface area contributed by atoms with Crippen LogP contribution in [0.5, 0.6) is 0 Å². The lowest BCUT2D eigenvalue weighted by molar-refractivity contribution is 0.0626. The summed E-state index contributed by atoms with van der Waals surface area (Å²) in [7, 11) is -6.10. The van der Waals surface area contributed by atoms with E-state index in [-0.39, 0.29) is 25.0 Å². The molecule has 220 valence electrons. The van der Waals surface area contributed by atoms with E-state index in [1.807, 2.05) is 48.5 Å². The van der Waals surface area contributed by atoms with Crippen molar-refractivity contribution in [3.8, 4) is 0 Å². The van der Waals surface area contributed by atoms with E-state index >= 15 is 0 Å². The van der Waals surface area contributed by atoms with Crippen molar-refractivity contribution >= 4 is 17.7 Å². The van der Waals surface area contributed by atoms with Gasteiger partial charge in [0.05, 0.1) is 25.6 Å². The quantitative estimate of drug-likeness (QED) is 0.134. The van der Waals surface area contributed by atoms with Crippen LogP contribution in [0.3, 0.4) is 0 Å². The first-order chi connectivity index (χ1) is 18.8. The number of nitrogens with one attached hydrogen (secondary N) is 1. The summed E-state index contributed by atoms with van der Waals surface area (Å²) in [6, 6.07) is 19.4. The van der Waals surface area contributed by atoms with Crippen LogP contribution in [-0.2, 0) is 36.9 Å². The first kappa shape index (κ1) is 35.2. The minimum Gasteiger partial charge on any atom is -0.395 e. The molecular formula is C29H46NO7PS. The van der Waals surface area contributed by atoms with E-state index in [9.17, 15) is 22.7 Å². The molecule has 0 spiro atoms. The van der Waals surface area contributed by atoms with Crippen molar-refractivity contribution in [3.05, 3.63) is 71.8 Å². The highest BCUT2D eigenvalue weighted by molar-refractivity contribution is 7.89. The Balaban J connectivity index is 0.000000457. The number of ether oxygens (including phenoxy) is 1. The van der Waals surface area contributed by atoms with Crippen molar-refractivity contribution in [2.75, 3.05) is 19.0 Å². The van der Waals surface area contributed by atoms with Crippen LogP contribution in [-0.4, -0.2) is 49.5 Å². The molecule has 0 aliphatic rings. The fraction of sp³-hybridized carbons (Fsp3) is 0.586. The highest BCUT2D eigenvalue weighted by Crippen LogP contribution is 2.12. The maximum Gasteiger partial charge on any atom is 0.347 e. The van der Waals surface area contributed by atoms with Gasteiger partial charge in [0.2, 0.25) is 10.0 Å². The Labute approximate surface area is 235 Å². The van der Waals surface area contributed by atoms with Gasteiger partial charge in [-0.3, -0.25) is 0 Å². The van der Waals surface area contributed by atoms with Crippen molar-refractivity contribution in [1.82, 2.24) is 4.72 Å². The minimum atomic E-state index is -3.28. The maximum absolute atomic E-state index is 12.1. The molecule has 2 aromatic rings. The molecule has 10 heteroatoms. The van der Waals surface area contributed by atoms with Crippen LogP contribution in [0.15, 0.2) is 60.7 Å². The Morgan fingerprint density at radius 2 is 1.44 bits per heavy atom. The van der Waals surface area contributed by atoms with Crippen LogP contribution >= 0.6 is 7.68 Å². The average molecular weight is 584 g/mol. The fourth-order valence-corrected chi connectivity index (χ4v) is 5.48. The number of aliphatic hydroxyl groups is 2. The summed E-state index contributed by atoms with van der Waals surface area (Å²) in [5.41, 5.74) is 2.28. The molecule has 2 unspecified atom stereocenters. The molecule has 0 bridgehead atoms.